The lowest BCUT2D eigenvalue weighted by atomic mass is 10.2. The third-order valence-corrected chi connectivity index (χ3v) is 5.94. The molecule has 0 bridgehead atoms. The second-order valence-electron chi connectivity index (χ2n) is 6.66. The van der Waals surface area contributed by atoms with Crippen molar-refractivity contribution in [2.45, 2.75) is 82.1 Å². The van der Waals surface area contributed by atoms with Crippen molar-refractivity contribution >= 4 is 40.0 Å². The van der Waals surface area contributed by atoms with Crippen LogP contribution in [0.4, 0.5) is 5.13 Å². The third kappa shape index (κ3) is 4.47. The highest BCUT2D eigenvalue weighted by Gasteiger charge is 2.34. The maximum Gasteiger partial charge on any atom is 0.236 e. The molecule has 0 saturated heterocycles. The lowest BCUT2D eigenvalue weighted by molar-refractivity contribution is -0.133. The number of carbonyl (C=O) groups excluding carboxylic acids is 2. The van der Waals surface area contributed by atoms with Crippen LogP contribution in [-0.2, 0) is 9.59 Å². The highest BCUT2D eigenvalue weighted by atomic mass is 32.2. The van der Waals surface area contributed by atoms with Crippen molar-refractivity contribution < 1.29 is 9.59 Å². The Hall–Kier alpha value is -1.15. The van der Waals surface area contributed by atoms with Gasteiger partial charge >= 0.3 is 0 Å². The van der Waals surface area contributed by atoms with Crippen LogP contribution in [0.25, 0.3) is 0 Å². The summed E-state index contributed by atoms with van der Waals surface area (Å²) in [4.78, 5) is 28.1. The lowest BCUT2D eigenvalue weighted by Gasteiger charge is -2.32. The number of hydrogen-bond acceptors (Lipinski definition) is 6. The number of rotatable bonds is 7. The molecule has 2 amide bonds. The van der Waals surface area contributed by atoms with Gasteiger partial charge in [-0.1, -0.05) is 23.1 Å². The van der Waals surface area contributed by atoms with Crippen LogP contribution >= 0.6 is 23.1 Å². The first-order valence-electron chi connectivity index (χ1n) is 8.34. The Morgan fingerprint density at radius 3 is 2.17 bits per heavy atom. The molecule has 1 aliphatic carbocycles. The van der Waals surface area contributed by atoms with Crippen LogP contribution in [0, 0.1) is 0 Å². The van der Waals surface area contributed by atoms with Crippen molar-refractivity contribution in [3.63, 3.8) is 0 Å². The first-order valence-corrected chi connectivity index (χ1v) is 10.0. The molecule has 1 saturated carbocycles. The summed E-state index contributed by atoms with van der Waals surface area (Å²) in [5, 5.41) is 8.72. The highest BCUT2D eigenvalue weighted by Crippen LogP contribution is 2.37. The minimum absolute atomic E-state index is 0.000107. The van der Waals surface area contributed by atoms with Crippen molar-refractivity contribution in [1.29, 1.82) is 0 Å². The summed E-state index contributed by atoms with van der Waals surface area (Å²) in [6, 6.07) is 0.590. The standard InChI is InChI=1S/C16H26N4O2S2/c1-9(2)19(10(3)4)14(22)11(5)23-16-18-17-15(24-16)20(12(6)21)13-7-8-13/h9-11,13H,7-8H2,1-6H3. The van der Waals surface area contributed by atoms with Gasteiger partial charge in [0.2, 0.25) is 16.9 Å². The maximum atomic E-state index is 12.7. The number of aromatic nitrogens is 2. The van der Waals surface area contributed by atoms with Crippen LogP contribution in [0.1, 0.15) is 54.4 Å². The quantitative estimate of drug-likeness (QED) is 0.545. The monoisotopic (exact) mass is 370 g/mol. The van der Waals surface area contributed by atoms with E-state index in [1.165, 1.54) is 23.1 Å². The molecule has 1 atom stereocenters. The second-order valence-corrected chi connectivity index (χ2v) is 9.21. The van der Waals surface area contributed by atoms with Gasteiger partial charge in [-0.3, -0.25) is 14.5 Å². The van der Waals surface area contributed by atoms with E-state index in [9.17, 15) is 9.59 Å². The molecule has 0 aromatic carbocycles. The van der Waals surface area contributed by atoms with Gasteiger partial charge in [-0.25, -0.2) is 0 Å². The summed E-state index contributed by atoms with van der Waals surface area (Å²) in [5.74, 6) is 0.104. The molecule has 1 aromatic rings. The van der Waals surface area contributed by atoms with Crippen LogP contribution in [0.3, 0.4) is 0 Å². The largest absolute Gasteiger partial charge is 0.337 e. The van der Waals surface area contributed by atoms with E-state index >= 15 is 0 Å². The van der Waals surface area contributed by atoms with Crippen LogP contribution in [0.15, 0.2) is 4.34 Å². The fraction of sp³-hybridized carbons (Fsp3) is 0.750. The molecule has 8 heteroatoms. The zero-order valence-electron chi connectivity index (χ0n) is 15.1. The molecule has 0 N–H and O–H groups in total. The normalized spacial score (nSPS) is 15.7. The van der Waals surface area contributed by atoms with Crippen LogP contribution in [0.5, 0.6) is 0 Å². The van der Waals surface area contributed by atoms with Crippen LogP contribution in [0.2, 0.25) is 0 Å². The van der Waals surface area contributed by atoms with Crippen LogP contribution in [-0.4, -0.2) is 50.3 Å². The summed E-state index contributed by atoms with van der Waals surface area (Å²) >= 11 is 2.80. The van der Waals surface area contributed by atoms with E-state index in [-0.39, 0.29) is 35.2 Å². The van der Waals surface area contributed by atoms with Crippen molar-refractivity contribution in [3.8, 4) is 0 Å². The zero-order chi connectivity index (χ0) is 18.0. The molecule has 0 spiro atoms. The van der Waals surface area contributed by atoms with Gasteiger partial charge in [0.05, 0.1) is 5.25 Å². The second kappa shape index (κ2) is 7.82. The van der Waals surface area contributed by atoms with Gasteiger partial charge in [0.25, 0.3) is 0 Å². The van der Waals surface area contributed by atoms with Gasteiger partial charge < -0.3 is 4.90 Å². The molecular formula is C16H26N4O2S2. The van der Waals surface area contributed by atoms with Crippen LogP contribution < -0.4 is 4.90 Å². The average Bonchev–Trinajstić information content (AvgIpc) is 3.17. The van der Waals surface area contributed by atoms with E-state index in [2.05, 4.69) is 10.2 Å². The predicted octanol–water partition coefficient (Wildman–Crippen LogP) is 3.18. The molecule has 1 heterocycles. The summed E-state index contributed by atoms with van der Waals surface area (Å²) in [7, 11) is 0. The number of carbonyl (C=O) groups is 2. The molecule has 2 rings (SSSR count). The summed E-state index contributed by atoms with van der Waals surface area (Å²) in [5.41, 5.74) is 0. The highest BCUT2D eigenvalue weighted by molar-refractivity contribution is 8.02. The van der Waals surface area contributed by atoms with Gasteiger partial charge in [-0.15, -0.1) is 10.2 Å². The van der Waals surface area contributed by atoms with E-state index in [1.807, 2.05) is 39.5 Å². The number of hydrogen-bond donors (Lipinski definition) is 0. The van der Waals surface area contributed by atoms with Crippen molar-refractivity contribution in [3.05, 3.63) is 0 Å². The van der Waals surface area contributed by atoms with E-state index in [4.69, 9.17) is 0 Å². The van der Waals surface area contributed by atoms with Gasteiger partial charge in [-0.05, 0) is 47.5 Å². The number of amides is 2. The minimum atomic E-state index is -0.234. The number of thioether (sulfide) groups is 1. The number of nitrogens with zero attached hydrogens (tertiary/aromatic N) is 4. The average molecular weight is 371 g/mol. The van der Waals surface area contributed by atoms with Gasteiger partial charge in [0.1, 0.15) is 0 Å². The molecule has 134 valence electrons. The fourth-order valence-corrected chi connectivity index (χ4v) is 4.90. The topological polar surface area (TPSA) is 66.4 Å². The van der Waals surface area contributed by atoms with Gasteiger partial charge in [0, 0.05) is 25.0 Å². The molecule has 24 heavy (non-hydrogen) atoms. The van der Waals surface area contributed by atoms with Crippen molar-refractivity contribution in [2.75, 3.05) is 4.90 Å². The Labute approximate surface area is 152 Å². The lowest BCUT2D eigenvalue weighted by Crippen LogP contribution is -2.45. The fourth-order valence-electron chi connectivity index (χ4n) is 2.75. The smallest absolute Gasteiger partial charge is 0.236 e. The summed E-state index contributed by atoms with van der Waals surface area (Å²) in [6.45, 7) is 11.6. The van der Waals surface area contributed by atoms with Crippen molar-refractivity contribution in [2.24, 2.45) is 0 Å². The third-order valence-electron chi connectivity index (χ3n) is 3.85. The molecule has 1 aliphatic rings. The molecular weight excluding hydrogens is 344 g/mol. The molecule has 1 fully saturated rings. The van der Waals surface area contributed by atoms with Gasteiger partial charge in [-0.2, -0.15) is 0 Å². The molecule has 1 aromatic heterocycles. The van der Waals surface area contributed by atoms with E-state index < -0.39 is 0 Å². The minimum Gasteiger partial charge on any atom is -0.337 e. The molecule has 6 nitrogen and oxygen atoms in total. The summed E-state index contributed by atoms with van der Waals surface area (Å²) < 4.78 is 0.727. The Morgan fingerprint density at radius 1 is 1.12 bits per heavy atom. The van der Waals surface area contributed by atoms with E-state index in [0.717, 1.165) is 17.2 Å². The molecule has 0 aliphatic heterocycles. The predicted molar refractivity (Wildman–Crippen MR) is 98.5 cm³/mol. The van der Waals surface area contributed by atoms with E-state index in [0.29, 0.717) is 5.13 Å². The molecule has 0 radical (unpaired) electrons. The maximum absolute atomic E-state index is 12.7. The van der Waals surface area contributed by atoms with E-state index in [1.54, 1.807) is 11.8 Å². The van der Waals surface area contributed by atoms with Gasteiger partial charge in [0.15, 0.2) is 4.34 Å². The first-order chi connectivity index (χ1) is 11.2. The zero-order valence-corrected chi connectivity index (χ0v) is 16.8. The molecule has 1 unspecified atom stereocenters. The SMILES string of the molecule is CC(=O)N(c1nnc(SC(C)C(=O)N(C(C)C)C(C)C)s1)C1CC1. The Morgan fingerprint density at radius 2 is 1.71 bits per heavy atom. The summed E-state index contributed by atoms with van der Waals surface area (Å²) in [6.07, 6.45) is 2.04. The number of anilines is 1. The Bertz CT molecular complexity index is 591. The van der Waals surface area contributed by atoms with Crippen molar-refractivity contribution in [1.82, 2.24) is 15.1 Å². The Kier molecular flexibility index (Phi) is 6.25. The first kappa shape index (κ1) is 19.2. The Balaban J connectivity index is 2.05.